The van der Waals surface area contributed by atoms with Gasteiger partial charge in [-0.1, -0.05) is 19.9 Å². The molecule has 0 aliphatic carbocycles. The van der Waals surface area contributed by atoms with Crippen LogP contribution in [0.3, 0.4) is 0 Å². The van der Waals surface area contributed by atoms with Gasteiger partial charge in [-0.2, -0.15) is 0 Å². The second-order valence-corrected chi connectivity index (χ2v) is 5.21. The third kappa shape index (κ3) is 2.82. The summed E-state index contributed by atoms with van der Waals surface area (Å²) in [6, 6.07) is 5.11. The molecule has 5 heteroatoms. The van der Waals surface area contributed by atoms with Crippen molar-refractivity contribution in [1.82, 2.24) is 4.98 Å². The van der Waals surface area contributed by atoms with Gasteiger partial charge < -0.3 is 16.6 Å². The normalized spacial score (nSPS) is 11.8. The van der Waals surface area contributed by atoms with Crippen LogP contribution in [0.15, 0.2) is 23.2 Å². The molecule has 2 aromatic rings. The third-order valence-corrected chi connectivity index (χ3v) is 3.15. The van der Waals surface area contributed by atoms with E-state index in [0.717, 1.165) is 6.42 Å². The van der Waals surface area contributed by atoms with Gasteiger partial charge in [0.05, 0.1) is 16.6 Å². The molecule has 0 saturated heterocycles. The molecule has 1 heterocycles. The van der Waals surface area contributed by atoms with E-state index in [1.165, 1.54) is 0 Å². The minimum absolute atomic E-state index is 0.131. The number of anilines is 2. The second kappa shape index (κ2) is 5.77. The molecule has 0 unspecified atom stereocenters. The number of aromatic nitrogens is 1. The van der Waals surface area contributed by atoms with Crippen LogP contribution >= 0.6 is 0 Å². The lowest BCUT2D eigenvalue weighted by Crippen LogP contribution is -2.04. The highest BCUT2D eigenvalue weighted by atomic mass is 16.3. The van der Waals surface area contributed by atoms with Crippen LogP contribution in [-0.4, -0.2) is 22.8 Å². The first kappa shape index (κ1) is 14.1. The first-order valence-electron chi connectivity index (χ1n) is 6.67. The third-order valence-electron chi connectivity index (χ3n) is 3.15. The molecule has 0 atom stereocenters. The molecule has 0 saturated carbocycles. The molecule has 20 heavy (non-hydrogen) atoms. The summed E-state index contributed by atoms with van der Waals surface area (Å²) in [5, 5.41) is 10.6. The number of aliphatic imine (C=N–C) groups is 1. The number of phenolic OH excluding ortho intramolecular Hbond substituents is 1. The fourth-order valence-electron chi connectivity index (χ4n) is 1.98. The molecule has 0 aliphatic rings. The van der Waals surface area contributed by atoms with E-state index in [1.807, 2.05) is 0 Å². The summed E-state index contributed by atoms with van der Waals surface area (Å²) in [7, 11) is 0. The topological polar surface area (TPSA) is 97.5 Å². The van der Waals surface area contributed by atoms with Gasteiger partial charge >= 0.3 is 0 Å². The number of fused-ring (bicyclic) bond motifs is 1. The van der Waals surface area contributed by atoms with Crippen LogP contribution in [-0.2, 0) is 0 Å². The Bertz CT molecular complexity index is 650. The number of aromatic hydroxyl groups is 1. The van der Waals surface area contributed by atoms with Gasteiger partial charge in [-0.25, -0.2) is 4.98 Å². The number of pyridine rings is 1. The zero-order valence-corrected chi connectivity index (χ0v) is 11.8. The average molecular weight is 272 g/mol. The Kier molecular flexibility index (Phi) is 4.08. The molecule has 0 aliphatic heterocycles. The summed E-state index contributed by atoms with van der Waals surface area (Å²) in [4.78, 5) is 8.56. The molecule has 5 nitrogen and oxygen atoms in total. The van der Waals surface area contributed by atoms with Crippen molar-refractivity contribution in [3.8, 4) is 5.75 Å². The smallest absolute Gasteiger partial charge is 0.148 e. The zero-order valence-electron chi connectivity index (χ0n) is 11.8. The predicted molar refractivity (Wildman–Crippen MR) is 84.1 cm³/mol. The maximum atomic E-state index is 10.0. The van der Waals surface area contributed by atoms with Crippen molar-refractivity contribution in [2.75, 3.05) is 18.0 Å². The van der Waals surface area contributed by atoms with Crippen molar-refractivity contribution in [1.29, 1.82) is 0 Å². The van der Waals surface area contributed by atoms with Crippen LogP contribution in [0, 0.1) is 5.92 Å². The zero-order chi connectivity index (χ0) is 14.7. The highest BCUT2D eigenvalue weighted by molar-refractivity contribution is 6.08. The van der Waals surface area contributed by atoms with Gasteiger partial charge in [-0.3, -0.25) is 4.99 Å². The Morgan fingerprint density at radius 3 is 2.80 bits per heavy atom. The first-order valence-corrected chi connectivity index (χ1v) is 6.67. The Labute approximate surface area is 118 Å². The maximum absolute atomic E-state index is 10.0. The SMILES string of the molecule is CC(C)CCN=Cc1c(N)c(N)nc2cccc(O)c12. The summed E-state index contributed by atoms with van der Waals surface area (Å²) in [6.07, 6.45) is 2.68. The first-order chi connectivity index (χ1) is 9.50. The molecular weight excluding hydrogens is 252 g/mol. The van der Waals surface area contributed by atoms with Crippen LogP contribution in [0.25, 0.3) is 10.9 Å². The van der Waals surface area contributed by atoms with Gasteiger partial charge in [0.25, 0.3) is 0 Å². The van der Waals surface area contributed by atoms with Crippen LogP contribution in [0.4, 0.5) is 11.5 Å². The molecule has 0 radical (unpaired) electrons. The number of hydrogen-bond donors (Lipinski definition) is 3. The summed E-state index contributed by atoms with van der Waals surface area (Å²) in [6.45, 7) is 5.01. The molecule has 0 fully saturated rings. The molecule has 5 N–H and O–H groups in total. The summed E-state index contributed by atoms with van der Waals surface area (Å²) in [5.74, 6) is 0.984. The summed E-state index contributed by atoms with van der Waals surface area (Å²) >= 11 is 0. The average Bonchev–Trinajstić information content (AvgIpc) is 2.38. The molecule has 0 amide bonds. The lowest BCUT2D eigenvalue weighted by molar-refractivity contribution is 0.481. The molecule has 0 spiro atoms. The van der Waals surface area contributed by atoms with E-state index in [9.17, 15) is 5.11 Å². The molecular formula is C15H20N4O. The minimum atomic E-state index is 0.131. The number of benzene rings is 1. The van der Waals surface area contributed by atoms with Crippen molar-refractivity contribution >= 4 is 28.6 Å². The number of nitrogen functional groups attached to an aromatic ring is 2. The fraction of sp³-hybridized carbons (Fsp3) is 0.333. The standard InChI is InChI=1S/C15H20N4O/c1-9(2)6-7-18-8-10-13-11(4-3-5-12(13)20)19-15(17)14(10)16/h3-5,8-9,20H,6-7,16H2,1-2H3,(H2,17,19). The Balaban J connectivity index is 2.47. The molecule has 0 bridgehead atoms. The van der Waals surface area contributed by atoms with Gasteiger partial charge in [0, 0.05) is 18.3 Å². The van der Waals surface area contributed by atoms with Gasteiger partial charge in [0.1, 0.15) is 11.6 Å². The lowest BCUT2D eigenvalue weighted by Gasteiger charge is -2.09. The number of nitrogens with two attached hydrogens (primary N) is 2. The number of hydrogen-bond acceptors (Lipinski definition) is 5. The number of phenols is 1. The Hall–Kier alpha value is -2.30. The van der Waals surface area contributed by atoms with E-state index in [1.54, 1.807) is 24.4 Å². The molecule has 2 rings (SSSR count). The highest BCUT2D eigenvalue weighted by Gasteiger charge is 2.12. The van der Waals surface area contributed by atoms with E-state index >= 15 is 0 Å². The Morgan fingerprint density at radius 2 is 2.10 bits per heavy atom. The predicted octanol–water partition coefficient (Wildman–Crippen LogP) is 2.57. The molecule has 1 aromatic carbocycles. The summed E-state index contributed by atoms with van der Waals surface area (Å²) in [5.41, 5.74) is 13.4. The van der Waals surface area contributed by atoms with Crippen molar-refractivity contribution in [2.24, 2.45) is 10.9 Å². The molecule has 106 valence electrons. The Morgan fingerprint density at radius 1 is 1.35 bits per heavy atom. The highest BCUT2D eigenvalue weighted by Crippen LogP contribution is 2.31. The monoisotopic (exact) mass is 272 g/mol. The van der Waals surface area contributed by atoms with Crippen LogP contribution in [0.2, 0.25) is 0 Å². The van der Waals surface area contributed by atoms with Gasteiger partial charge in [-0.05, 0) is 24.5 Å². The van der Waals surface area contributed by atoms with Crippen molar-refractivity contribution < 1.29 is 5.11 Å². The van der Waals surface area contributed by atoms with Gasteiger partial charge in [0.2, 0.25) is 0 Å². The lowest BCUT2D eigenvalue weighted by atomic mass is 10.1. The van der Waals surface area contributed by atoms with E-state index < -0.39 is 0 Å². The van der Waals surface area contributed by atoms with E-state index in [4.69, 9.17) is 11.5 Å². The van der Waals surface area contributed by atoms with E-state index in [2.05, 4.69) is 23.8 Å². The van der Waals surface area contributed by atoms with Crippen molar-refractivity contribution in [3.63, 3.8) is 0 Å². The number of nitrogens with zero attached hydrogens (tertiary/aromatic N) is 2. The molecule has 1 aromatic heterocycles. The van der Waals surface area contributed by atoms with Crippen LogP contribution in [0.1, 0.15) is 25.8 Å². The van der Waals surface area contributed by atoms with E-state index in [-0.39, 0.29) is 11.6 Å². The fourth-order valence-corrected chi connectivity index (χ4v) is 1.98. The van der Waals surface area contributed by atoms with E-state index in [0.29, 0.717) is 34.6 Å². The largest absolute Gasteiger partial charge is 0.507 e. The minimum Gasteiger partial charge on any atom is -0.507 e. The van der Waals surface area contributed by atoms with Gasteiger partial charge in [-0.15, -0.1) is 0 Å². The second-order valence-electron chi connectivity index (χ2n) is 5.21. The van der Waals surface area contributed by atoms with Crippen LogP contribution in [0.5, 0.6) is 5.75 Å². The van der Waals surface area contributed by atoms with Crippen LogP contribution < -0.4 is 11.5 Å². The number of rotatable bonds is 4. The van der Waals surface area contributed by atoms with Crippen molar-refractivity contribution in [3.05, 3.63) is 23.8 Å². The van der Waals surface area contributed by atoms with Crippen molar-refractivity contribution in [2.45, 2.75) is 20.3 Å². The quantitative estimate of drug-likeness (QED) is 0.745. The maximum Gasteiger partial charge on any atom is 0.148 e. The summed E-state index contributed by atoms with van der Waals surface area (Å²) < 4.78 is 0. The van der Waals surface area contributed by atoms with Gasteiger partial charge in [0.15, 0.2) is 0 Å².